The van der Waals surface area contributed by atoms with E-state index in [1.165, 1.54) is 6.07 Å². The lowest BCUT2D eigenvalue weighted by molar-refractivity contribution is 0.0432. The van der Waals surface area contributed by atoms with Crippen molar-refractivity contribution in [3.8, 4) is 0 Å². The van der Waals surface area contributed by atoms with Crippen LogP contribution in [0.25, 0.3) is 11.0 Å². The molecule has 0 radical (unpaired) electrons. The number of esters is 1. The number of nitrogens with zero attached hydrogens (tertiary/aromatic N) is 1. The lowest BCUT2D eigenvalue weighted by atomic mass is 10.1. The Bertz CT molecular complexity index is 796. The predicted molar refractivity (Wildman–Crippen MR) is 74.3 cm³/mol. The zero-order chi connectivity index (χ0) is 14.8. The second kappa shape index (κ2) is 5.36. The monoisotopic (exact) mass is 285 g/mol. The molecule has 106 valence electrons. The Kier molecular flexibility index (Phi) is 3.39. The van der Waals surface area contributed by atoms with Gasteiger partial charge in [-0.1, -0.05) is 18.2 Å². The van der Waals surface area contributed by atoms with Gasteiger partial charge >= 0.3 is 5.97 Å². The molecule has 0 bridgehead atoms. The number of carbonyl (C=O) groups is 1. The Hall–Kier alpha value is -2.69. The number of halogens is 1. The van der Waals surface area contributed by atoms with E-state index in [4.69, 9.17) is 9.15 Å². The summed E-state index contributed by atoms with van der Waals surface area (Å²) in [6, 6.07) is 9.89. The fourth-order valence-corrected chi connectivity index (χ4v) is 2.09. The summed E-state index contributed by atoms with van der Waals surface area (Å²) in [6.07, 6.45) is 1.62. The van der Waals surface area contributed by atoms with Crippen LogP contribution in [0.15, 0.2) is 47.0 Å². The predicted octanol–water partition coefficient (Wildman–Crippen LogP) is 3.63. The average molecular weight is 285 g/mol. The van der Waals surface area contributed by atoms with Gasteiger partial charge in [-0.25, -0.2) is 9.18 Å². The third kappa shape index (κ3) is 2.50. The minimum absolute atomic E-state index is 0.0195. The van der Waals surface area contributed by atoms with E-state index in [0.717, 1.165) is 0 Å². The van der Waals surface area contributed by atoms with Gasteiger partial charge in [-0.05, 0) is 25.1 Å². The van der Waals surface area contributed by atoms with Crippen LogP contribution in [0, 0.1) is 12.7 Å². The molecular formula is C16H12FNO3. The third-order valence-corrected chi connectivity index (χ3v) is 3.18. The van der Waals surface area contributed by atoms with Gasteiger partial charge in [-0.15, -0.1) is 0 Å². The Morgan fingerprint density at radius 3 is 2.86 bits per heavy atom. The molecular weight excluding hydrogens is 273 g/mol. The van der Waals surface area contributed by atoms with Crippen molar-refractivity contribution in [2.45, 2.75) is 13.5 Å². The highest BCUT2D eigenvalue weighted by Crippen LogP contribution is 2.27. The van der Waals surface area contributed by atoms with Crippen molar-refractivity contribution in [3.63, 3.8) is 0 Å². The van der Waals surface area contributed by atoms with Crippen molar-refractivity contribution < 1.29 is 18.3 Å². The highest BCUT2D eigenvalue weighted by atomic mass is 19.1. The quantitative estimate of drug-likeness (QED) is 0.689. The summed E-state index contributed by atoms with van der Waals surface area (Å²) in [6.45, 7) is 1.74. The molecule has 0 aliphatic carbocycles. The van der Waals surface area contributed by atoms with Crippen LogP contribution < -0.4 is 0 Å². The van der Waals surface area contributed by atoms with Crippen LogP contribution in [0.1, 0.15) is 21.8 Å². The van der Waals surface area contributed by atoms with Gasteiger partial charge < -0.3 is 9.15 Å². The highest BCUT2D eigenvalue weighted by Gasteiger charge is 2.20. The first-order valence-corrected chi connectivity index (χ1v) is 6.41. The number of carbonyl (C=O) groups excluding carboxylic acids is 1. The van der Waals surface area contributed by atoms with E-state index < -0.39 is 11.8 Å². The van der Waals surface area contributed by atoms with Crippen LogP contribution in [0.5, 0.6) is 0 Å². The third-order valence-electron chi connectivity index (χ3n) is 3.18. The summed E-state index contributed by atoms with van der Waals surface area (Å²) in [5, 5.41) is 0.569. The van der Waals surface area contributed by atoms with Gasteiger partial charge in [0, 0.05) is 17.1 Å². The lowest BCUT2D eigenvalue weighted by Crippen LogP contribution is -2.06. The Labute approximate surface area is 120 Å². The molecule has 2 aromatic heterocycles. The van der Waals surface area contributed by atoms with Gasteiger partial charge in [0.15, 0.2) is 11.4 Å². The molecule has 0 aliphatic heterocycles. The van der Waals surface area contributed by atoms with Crippen molar-refractivity contribution in [1.82, 2.24) is 4.98 Å². The van der Waals surface area contributed by atoms with E-state index in [0.29, 0.717) is 16.6 Å². The standard InChI is InChI=1S/C16H12FNO3/c1-10-12-6-4-7-13(17)15(12)21-14(10)16(19)20-9-11-5-2-3-8-18-11/h2-8H,9H2,1H3. The van der Waals surface area contributed by atoms with Gasteiger partial charge in [0.25, 0.3) is 0 Å². The number of pyridine rings is 1. The summed E-state index contributed by atoms with van der Waals surface area (Å²) in [4.78, 5) is 16.1. The van der Waals surface area contributed by atoms with Gasteiger partial charge in [0.2, 0.25) is 5.76 Å². The van der Waals surface area contributed by atoms with Crippen LogP contribution >= 0.6 is 0 Å². The van der Waals surface area contributed by atoms with Crippen molar-refractivity contribution in [2.24, 2.45) is 0 Å². The summed E-state index contributed by atoms with van der Waals surface area (Å²) >= 11 is 0. The van der Waals surface area contributed by atoms with Gasteiger partial charge in [-0.3, -0.25) is 4.98 Å². The normalized spacial score (nSPS) is 10.8. The summed E-state index contributed by atoms with van der Waals surface area (Å²) < 4.78 is 24.1. The Morgan fingerprint density at radius 1 is 1.29 bits per heavy atom. The average Bonchev–Trinajstić information content (AvgIpc) is 2.85. The molecule has 3 aromatic rings. The number of furan rings is 1. The fraction of sp³-hybridized carbons (Fsp3) is 0.125. The molecule has 0 aliphatic rings. The topological polar surface area (TPSA) is 52.3 Å². The molecule has 0 fully saturated rings. The van der Waals surface area contributed by atoms with E-state index in [2.05, 4.69) is 4.98 Å². The SMILES string of the molecule is Cc1c(C(=O)OCc2ccccn2)oc2c(F)cccc12. The van der Waals surface area contributed by atoms with Gasteiger partial charge in [0.1, 0.15) is 6.61 Å². The zero-order valence-electron chi connectivity index (χ0n) is 11.3. The number of hydrogen-bond acceptors (Lipinski definition) is 4. The van der Waals surface area contributed by atoms with E-state index in [1.807, 2.05) is 0 Å². The molecule has 4 nitrogen and oxygen atoms in total. The minimum Gasteiger partial charge on any atom is -0.453 e. The first-order valence-electron chi connectivity index (χ1n) is 6.41. The van der Waals surface area contributed by atoms with Crippen LogP contribution in [0.2, 0.25) is 0 Å². The van der Waals surface area contributed by atoms with E-state index in [9.17, 15) is 9.18 Å². The Morgan fingerprint density at radius 2 is 2.14 bits per heavy atom. The van der Waals surface area contributed by atoms with Crippen LogP contribution in [-0.4, -0.2) is 11.0 Å². The highest BCUT2D eigenvalue weighted by molar-refractivity contribution is 5.96. The number of benzene rings is 1. The number of aryl methyl sites for hydroxylation is 1. The second-order valence-corrected chi connectivity index (χ2v) is 4.57. The largest absolute Gasteiger partial charge is 0.453 e. The van der Waals surface area contributed by atoms with Crippen molar-refractivity contribution >= 4 is 16.9 Å². The number of ether oxygens (including phenoxy) is 1. The van der Waals surface area contributed by atoms with E-state index in [1.54, 1.807) is 43.5 Å². The molecule has 0 amide bonds. The van der Waals surface area contributed by atoms with E-state index >= 15 is 0 Å². The lowest BCUT2D eigenvalue weighted by Gasteiger charge is -2.02. The summed E-state index contributed by atoms with van der Waals surface area (Å²) in [7, 11) is 0. The molecule has 21 heavy (non-hydrogen) atoms. The molecule has 3 rings (SSSR count). The van der Waals surface area contributed by atoms with Crippen molar-refractivity contribution in [2.75, 3.05) is 0 Å². The molecule has 2 heterocycles. The molecule has 0 N–H and O–H groups in total. The van der Waals surface area contributed by atoms with Crippen LogP contribution in [0.4, 0.5) is 4.39 Å². The van der Waals surface area contributed by atoms with Crippen LogP contribution in [0.3, 0.4) is 0 Å². The molecule has 0 unspecified atom stereocenters. The van der Waals surface area contributed by atoms with Gasteiger partial charge in [-0.2, -0.15) is 0 Å². The maximum atomic E-state index is 13.6. The van der Waals surface area contributed by atoms with E-state index in [-0.39, 0.29) is 18.0 Å². The summed E-state index contributed by atoms with van der Waals surface area (Å²) in [5.41, 5.74) is 1.26. The summed E-state index contributed by atoms with van der Waals surface area (Å²) in [5.74, 6) is -1.11. The number of hydrogen-bond donors (Lipinski definition) is 0. The molecule has 0 atom stereocenters. The number of aromatic nitrogens is 1. The minimum atomic E-state index is -0.631. The van der Waals surface area contributed by atoms with Crippen LogP contribution in [-0.2, 0) is 11.3 Å². The molecule has 5 heteroatoms. The second-order valence-electron chi connectivity index (χ2n) is 4.57. The van der Waals surface area contributed by atoms with Gasteiger partial charge in [0.05, 0.1) is 5.69 Å². The van der Waals surface area contributed by atoms with Crippen molar-refractivity contribution in [3.05, 3.63) is 65.4 Å². The smallest absolute Gasteiger partial charge is 0.374 e. The maximum Gasteiger partial charge on any atom is 0.374 e. The number of fused-ring (bicyclic) bond motifs is 1. The first kappa shape index (κ1) is 13.3. The molecule has 1 aromatic carbocycles. The first-order chi connectivity index (χ1) is 10.2. The molecule has 0 saturated carbocycles. The van der Waals surface area contributed by atoms with Crippen molar-refractivity contribution in [1.29, 1.82) is 0 Å². The number of rotatable bonds is 3. The molecule has 0 spiro atoms. The Balaban J connectivity index is 1.85. The molecule has 0 saturated heterocycles. The maximum absolute atomic E-state index is 13.6. The zero-order valence-corrected chi connectivity index (χ0v) is 11.3. The number of para-hydroxylation sites is 1. The fourth-order valence-electron chi connectivity index (χ4n) is 2.09.